The lowest BCUT2D eigenvalue weighted by Gasteiger charge is -2.32. The maximum absolute atomic E-state index is 13.9. The largest absolute Gasteiger partial charge is 0.468 e. The average molecular weight is 357 g/mol. The smallest absolute Gasteiger partial charge is 0.146 e. The first-order valence-electron chi connectivity index (χ1n) is 9.75. The molecule has 1 unspecified atom stereocenters. The van der Waals surface area contributed by atoms with Crippen LogP contribution in [0, 0.1) is 11.7 Å². The molecule has 4 nitrogen and oxygen atoms in total. The maximum Gasteiger partial charge on any atom is 0.146 e. The molecule has 0 saturated carbocycles. The van der Waals surface area contributed by atoms with Gasteiger partial charge in [0.15, 0.2) is 0 Å². The van der Waals surface area contributed by atoms with Crippen LogP contribution in [0.25, 0.3) is 0 Å². The van der Waals surface area contributed by atoms with Crippen LogP contribution in [0.1, 0.15) is 25.0 Å². The van der Waals surface area contributed by atoms with Crippen LogP contribution in [0.5, 0.6) is 0 Å². The van der Waals surface area contributed by atoms with Crippen LogP contribution in [0.4, 0.5) is 10.1 Å². The van der Waals surface area contributed by atoms with E-state index in [0.29, 0.717) is 12.0 Å². The third-order valence-corrected chi connectivity index (χ3v) is 5.72. The molecule has 26 heavy (non-hydrogen) atoms. The van der Waals surface area contributed by atoms with Crippen LogP contribution in [0.3, 0.4) is 0 Å². The molecule has 3 heterocycles. The quantitative estimate of drug-likeness (QED) is 0.857. The second-order valence-corrected chi connectivity index (χ2v) is 7.59. The number of hydrogen-bond acceptors (Lipinski definition) is 4. The van der Waals surface area contributed by atoms with Gasteiger partial charge in [0.25, 0.3) is 0 Å². The number of rotatable bonds is 6. The Labute approximate surface area is 155 Å². The Bertz CT molecular complexity index is 682. The number of nitrogens with zero attached hydrogens (tertiary/aromatic N) is 2. The summed E-state index contributed by atoms with van der Waals surface area (Å²) in [6.45, 7) is 6.09. The number of likely N-dealkylation sites (tertiary alicyclic amines) is 1. The lowest BCUT2D eigenvalue weighted by molar-refractivity contribution is 0.177. The number of hydrogen-bond donors (Lipinski definition) is 1. The van der Waals surface area contributed by atoms with Crippen LogP contribution >= 0.6 is 0 Å². The van der Waals surface area contributed by atoms with E-state index in [1.807, 2.05) is 24.3 Å². The molecule has 0 amide bonds. The summed E-state index contributed by atoms with van der Waals surface area (Å²) in [5.74, 6) is 1.55. The zero-order valence-electron chi connectivity index (χ0n) is 15.2. The molecule has 0 bridgehead atoms. The molecular formula is C21H28FN3O. The average Bonchev–Trinajstić information content (AvgIpc) is 3.34. The maximum atomic E-state index is 13.9. The normalized spacial score (nSPS) is 22.2. The summed E-state index contributed by atoms with van der Waals surface area (Å²) >= 11 is 0. The van der Waals surface area contributed by atoms with Crippen molar-refractivity contribution in [3.8, 4) is 0 Å². The van der Waals surface area contributed by atoms with Crippen molar-refractivity contribution in [2.75, 3.05) is 37.6 Å². The molecule has 2 aromatic rings. The van der Waals surface area contributed by atoms with Crippen LogP contribution in [-0.2, 0) is 6.54 Å². The molecule has 140 valence electrons. The Hall–Kier alpha value is -1.85. The lowest BCUT2D eigenvalue weighted by Crippen LogP contribution is -2.43. The summed E-state index contributed by atoms with van der Waals surface area (Å²) in [7, 11) is 0. The van der Waals surface area contributed by atoms with Gasteiger partial charge in [0.05, 0.1) is 18.5 Å². The summed E-state index contributed by atoms with van der Waals surface area (Å²) in [5.41, 5.74) is 0.751. The van der Waals surface area contributed by atoms with E-state index in [-0.39, 0.29) is 5.82 Å². The van der Waals surface area contributed by atoms with E-state index in [1.165, 1.54) is 12.8 Å². The van der Waals surface area contributed by atoms with Gasteiger partial charge in [0.2, 0.25) is 0 Å². The van der Waals surface area contributed by atoms with Crippen molar-refractivity contribution in [3.63, 3.8) is 0 Å². The van der Waals surface area contributed by atoms with E-state index in [0.717, 1.165) is 57.1 Å². The molecule has 1 N–H and O–H groups in total. The van der Waals surface area contributed by atoms with Crippen molar-refractivity contribution >= 4 is 5.69 Å². The molecule has 2 aliphatic rings. The molecule has 0 aliphatic carbocycles. The van der Waals surface area contributed by atoms with E-state index < -0.39 is 0 Å². The van der Waals surface area contributed by atoms with Gasteiger partial charge in [-0.15, -0.1) is 0 Å². The summed E-state index contributed by atoms with van der Waals surface area (Å²) in [5, 5.41) is 3.76. The highest BCUT2D eigenvalue weighted by Gasteiger charge is 2.26. The van der Waals surface area contributed by atoms with E-state index in [1.54, 1.807) is 18.4 Å². The second kappa shape index (κ2) is 8.23. The van der Waals surface area contributed by atoms with Crippen LogP contribution < -0.4 is 10.2 Å². The molecule has 2 fully saturated rings. The Morgan fingerprint density at radius 3 is 2.65 bits per heavy atom. The molecular weight excluding hydrogens is 329 g/mol. The highest BCUT2D eigenvalue weighted by atomic mass is 19.1. The monoisotopic (exact) mass is 357 g/mol. The van der Waals surface area contributed by atoms with Gasteiger partial charge in [0, 0.05) is 32.2 Å². The number of anilines is 1. The van der Waals surface area contributed by atoms with Crippen molar-refractivity contribution in [1.82, 2.24) is 10.2 Å². The lowest BCUT2D eigenvalue weighted by atomic mass is 10.0. The van der Waals surface area contributed by atoms with Gasteiger partial charge in [0.1, 0.15) is 11.6 Å². The van der Waals surface area contributed by atoms with Crippen LogP contribution in [0.2, 0.25) is 0 Å². The summed E-state index contributed by atoms with van der Waals surface area (Å²) < 4.78 is 19.4. The summed E-state index contributed by atoms with van der Waals surface area (Å²) in [4.78, 5) is 4.65. The molecule has 0 radical (unpaired) electrons. The number of piperidine rings is 1. The standard InChI is InChI=1S/C21H28FN3O/c22-20-5-1-2-6-21(20)25-12-7-17(15-25)14-23-18-8-10-24(11-9-18)16-19-4-3-13-26-19/h1-6,13,17-18,23H,7-12,14-16H2. The molecule has 4 rings (SSSR count). The molecule has 1 aromatic carbocycles. The van der Waals surface area contributed by atoms with Gasteiger partial charge >= 0.3 is 0 Å². The summed E-state index contributed by atoms with van der Waals surface area (Å²) in [6.07, 6.45) is 5.25. The number of furan rings is 1. The van der Waals surface area contributed by atoms with Gasteiger partial charge in [-0.3, -0.25) is 4.90 Å². The van der Waals surface area contributed by atoms with Crippen molar-refractivity contribution in [1.29, 1.82) is 0 Å². The molecule has 1 atom stereocenters. The fourth-order valence-corrected chi connectivity index (χ4v) is 4.18. The van der Waals surface area contributed by atoms with Gasteiger partial charge in [-0.1, -0.05) is 12.1 Å². The predicted octanol–water partition coefficient (Wildman–Crippen LogP) is 3.50. The molecule has 0 spiro atoms. The van der Waals surface area contributed by atoms with E-state index in [9.17, 15) is 4.39 Å². The van der Waals surface area contributed by atoms with Gasteiger partial charge in [-0.05, 0) is 56.0 Å². The Morgan fingerprint density at radius 1 is 1.04 bits per heavy atom. The Morgan fingerprint density at radius 2 is 1.88 bits per heavy atom. The van der Waals surface area contributed by atoms with Gasteiger partial charge in [-0.2, -0.15) is 0 Å². The number of para-hydroxylation sites is 1. The molecule has 1 aromatic heterocycles. The van der Waals surface area contributed by atoms with Gasteiger partial charge in [-0.25, -0.2) is 4.39 Å². The third kappa shape index (κ3) is 4.27. The fraction of sp³-hybridized carbons (Fsp3) is 0.524. The summed E-state index contributed by atoms with van der Waals surface area (Å²) in [6, 6.07) is 11.7. The van der Waals surface area contributed by atoms with Crippen molar-refractivity contribution < 1.29 is 8.81 Å². The first-order chi connectivity index (χ1) is 12.8. The molecule has 5 heteroatoms. The predicted molar refractivity (Wildman–Crippen MR) is 102 cm³/mol. The van der Waals surface area contributed by atoms with Crippen molar-refractivity contribution in [2.45, 2.75) is 31.8 Å². The number of nitrogens with one attached hydrogen (secondary N) is 1. The van der Waals surface area contributed by atoms with Crippen molar-refractivity contribution in [2.24, 2.45) is 5.92 Å². The second-order valence-electron chi connectivity index (χ2n) is 7.59. The first kappa shape index (κ1) is 17.6. The van der Waals surface area contributed by atoms with Gasteiger partial charge < -0.3 is 14.6 Å². The fourth-order valence-electron chi connectivity index (χ4n) is 4.18. The Kier molecular flexibility index (Phi) is 5.56. The SMILES string of the molecule is Fc1ccccc1N1CCC(CNC2CCN(Cc3ccco3)CC2)C1. The molecule has 2 saturated heterocycles. The highest BCUT2D eigenvalue weighted by Crippen LogP contribution is 2.26. The highest BCUT2D eigenvalue weighted by molar-refractivity contribution is 5.48. The number of halogens is 1. The minimum absolute atomic E-state index is 0.106. The molecule has 2 aliphatic heterocycles. The zero-order chi connectivity index (χ0) is 17.8. The zero-order valence-corrected chi connectivity index (χ0v) is 15.2. The van der Waals surface area contributed by atoms with Crippen LogP contribution in [0.15, 0.2) is 47.1 Å². The third-order valence-electron chi connectivity index (χ3n) is 5.72. The van der Waals surface area contributed by atoms with E-state index in [4.69, 9.17) is 4.42 Å². The first-order valence-corrected chi connectivity index (χ1v) is 9.75. The minimum Gasteiger partial charge on any atom is -0.468 e. The van der Waals surface area contributed by atoms with E-state index in [2.05, 4.69) is 15.1 Å². The Balaban J connectivity index is 1.18. The van der Waals surface area contributed by atoms with Crippen molar-refractivity contribution in [3.05, 3.63) is 54.2 Å². The number of benzene rings is 1. The minimum atomic E-state index is -0.106. The topological polar surface area (TPSA) is 31.6 Å². The van der Waals surface area contributed by atoms with E-state index >= 15 is 0 Å². The van der Waals surface area contributed by atoms with Crippen LogP contribution in [-0.4, -0.2) is 43.7 Å².